The molecule has 1 aliphatic rings. The van der Waals surface area contributed by atoms with Gasteiger partial charge in [0.05, 0.1) is 7.11 Å². The highest BCUT2D eigenvalue weighted by atomic mass is 16.5. The zero-order valence-electron chi connectivity index (χ0n) is 12.9. The van der Waals surface area contributed by atoms with Crippen LogP contribution < -0.4 is 10.5 Å². The lowest BCUT2D eigenvalue weighted by Crippen LogP contribution is -2.26. The molecule has 0 aromatic heterocycles. The lowest BCUT2D eigenvalue weighted by atomic mass is 9.89. The Hall–Kier alpha value is -1.06. The summed E-state index contributed by atoms with van der Waals surface area (Å²) in [6.45, 7) is 2.74. The summed E-state index contributed by atoms with van der Waals surface area (Å²) in [6.07, 6.45) is 7.07. The molecule has 20 heavy (non-hydrogen) atoms. The molecule has 112 valence electrons. The van der Waals surface area contributed by atoms with Gasteiger partial charge in [-0.3, -0.25) is 0 Å². The van der Waals surface area contributed by atoms with Crippen LogP contribution in [0, 0.1) is 5.92 Å². The Morgan fingerprint density at radius 1 is 1.25 bits per heavy atom. The maximum Gasteiger partial charge on any atom is 0.123 e. The molecule has 0 atom stereocenters. The SMILES string of the molecule is COc1ccc(CN(C)CC2CCCCC2)cc1CN. The Morgan fingerprint density at radius 2 is 2.00 bits per heavy atom. The highest BCUT2D eigenvalue weighted by Crippen LogP contribution is 2.25. The Balaban J connectivity index is 1.91. The van der Waals surface area contributed by atoms with Crippen LogP contribution in [0.1, 0.15) is 43.2 Å². The fraction of sp³-hybridized carbons (Fsp3) is 0.647. The third-order valence-electron chi connectivity index (χ3n) is 4.31. The van der Waals surface area contributed by atoms with Crippen molar-refractivity contribution in [2.24, 2.45) is 11.7 Å². The molecule has 0 radical (unpaired) electrons. The maximum atomic E-state index is 5.78. The van der Waals surface area contributed by atoms with Crippen molar-refractivity contribution < 1.29 is 4.74 Å². The molecule has 0 spiro atoms. The Bertz CT molecular complexity index is 413. The largest absolute Gasteiger partial charge is 0.496 e. The standard InChI is InChI=1S/C17H28N2O/c1-19(12-14-6-4-3-5-7-14)13-15-8-9-17(20-2)16(10-15)11-18/h8-10,14H,3-7,11-13,18H2,1-2H3. The minimum atomic E-state index is 0.531. The van der Waals surface area contributed by atoms with E-state index in [1.165, 1.54) is 44.2 Å². The molecule has 0 amide bonds. The summed E-state index contributed by atoms with van der Waals surface area (Å²) in [5.41, 5.74) is 8.20. The lowest BCUT2D eigenvalue weighted by molar-refractivity contribution is 0.228. The minimum absolute atomic E-state index is 0.531. The fourth-order valence-corrected chi connectivity index (χ4v) is 3.28. The molecule has 1 aliphatic carbocycles. The molecule has 3 nitrogen and oxygen atoms in total. The second kappa shape index (κ2) is 7.65. The van der Waals surface area contributed by atoms with E-state index in [0.29, 0.717) is 6.54 Å². The summed E-state index contributed by atoms with van der Waals surface area (Å²) in [5.74, 6) is 1.78. The molecule has 0 aliphatic heterocycles. The molecule has 1 aromatic rings. The molecule has 2 N–H and O–H groups in total. The smallest absolute Gasteiger partial charge is 0.123 e. The molecular formula is C17H28N2O. The zero-order chi connectivity index (χ0) is 14.4. The Labute approximate surface area is 123 Å². The van der Waals surface area contributed by atoms with Gasteiger partial charge in [0, 0.05) is 25.2 Å². The second-order valence-corrected chi connectivity index (χ2v) is 6.05. The molecule has 0 saturated heterocycles. The number of ether oxygens (including phenoxy) is 1. The van der Waals surface area contributed by atoms with Gasteiger partial charge in [-0.2, -0.15) is 0 Å². The predicted molar refractivity (Wildman–Crippen MR) is 83.8 cm³/mol. The highest BCUT2D eigenvalue weighted by Gasteiger charge is 2.15. The number of rotatable bonds is 6. The average Bonchev–Trinajstić information content (AvgIpc) is 2.48. The van der Waals surface area contributed by atoms with Gasteiger partial charge in [0.15, 0.2) is 0 Å². The van der Waals surface area contributed by atoms with Gasteiger partial charge in [-0.1, -0.05) is 25.3 Å². The first-order valence-electron chi connectivity index (χ1n) is 7.77. The van der Waals surface area contributed by atoms with Crippen molar-refractivity contribution in [2.45, 2.75) is 45.2 Å². The van der Waals surface area contributed by atoms with Crippen LogP contribution in [0.25, 0.3) is 0 Å². The van der Waals surface area contributed by atoms with Crippen molar-refractivity contribution >= 4 is 0 Å². The van der Waals surface area contributed by atoms with Crippen LogP contribution in [0.3, 0.4) is 0 Å². The summed E-state index contributed by atoms with van der Waals surface area (Å²) in [4.78, 5) is 2.44. The van der Waals surface area contributed by atoms with Gasteiger partial charge in [0.25, 0.3) is 0 Å². The molecular weight excluding hydrogens is 248 g/mol. The van der Waals surface area contributed by atoms with E-state index in [1.54, 1.807) is 7.11 Å². The van der Waals surface area contributed by atoms with Crippen molar-refractivity contribution in [3.05, 3.63) is 29.3 Å². The van der Waals surface area contributed by atoms with Gasteiger partial charge in [-0.05, 0) is 43.5 Å². The number of methoxy groups -OCH3 is 1. The van der Waals surface area contributed by atoms with Crippen molar-refractivity contribution in [3.8, 4) is 5.75 Å². The number of hydrogen-bond acceptors (Lipinski definition) is 3. The number of hydrogen-bond donors (Lipinski definition) is 1. The molecule has 0 bridgehead atoms. The molecule has 1 saturated carbocycles. The second-order valence-electron chi connectivity index (χ2n) is 6.05. The van der Waals surface area contributed by atoms with Crippen molar-refractivity contribution in [1.29, 1.82) is 0 Å². The summed E-state index contributed by atoms with van der Waals surface area (Å²) >= 11 is 0. The zero-order valence-corrected chi connectivity index (χ0v) is 12.9. The summed E-state index contributed by atoms with van der Waals surface area (Å²) < 4.78 is 5.32. The van der Waals surface area contributed by atoms with E-state index in [0.717, 1.165) is 23.8 Å². The molecule has 0 heterocycles. The third-order valence-corrected chi connectivity index (χ3v) is 4.31. The summed E-state index contributed by atoms with van der Waals surface area (Å²) in [6, 6.07) is 6.36. The van der Waals surface area contributed by atoms with Gasteiger partial charge < -0.3 is 15.4 Å². The van der Waals surface area contributed by atoms with Crippen LogP contribution >= 0.6 is 0 Å². The Morgan fingerprint density at radius 3 is 2.65 bits per heavy atom. The van der Waals surface area contributed by atoms with Gasteiger partial charge in [-0.25, -0.2) is 0 Å². The summed E-state index contributed by atoms with van der Waals surface area (Å²) in [7, 11) is 3.92. The van der Waals surface area contributed by atoms with Crippen LogP contribution in [0.5, 0.6) is 5.75 Å². The minimum Gasteiger partial charge on any atom is -0.496 e. The van der Waals surface area contributed by atoms with E-state index < -0.39 is 0 Å². The van der Waals surface area contributed by atoms with Crippen LogP contribution in [0.4, 0.5) is 0 Å². The predicted octanol–water partition coefficient (Wildman–Crippen LogP) is 3.17. The fourth-order valence-electron chi connectivity index (χ4n) is 3.28. The quantitative estimate of drug-likeness (QED) is 0.867. The van der Waals surface area contributed by atoms with E-state index in [-0.39, 0.29) is 0 Å². The maximum absolute atomic E-state index is 5.78. The van der Waals surface area contributed by atoms with E-state index in [9.17, 15) is 0 Å². The highest BCUT2D eigenvalue weighted by molar-refractivity contribution is 5.37. The van der Waals surface area contributed by atoms with E-state index in [4.69, 9.17) is 10.5 Å². The number of nitrogens with two attached hydrogens (primary N) is 1. The van der Waals surface area contributed by atoms with E-state index >= 15 is 0 Å². The molecule has 1 fully saturated rings. The molecule has 3 heteroatoms. The molecule has 0 unspecified atom stereocenters. The van der Waals surface area contributed by atoms with Crippen LogP contribution in [-0.4, -0.2) is 25.6 Å². The van der Waals surface area contributed by atoms with Gasteiger partial charge in [0.1, 0.15) is 5.75 Å². The van der Waals surface area contributed by atoms with Crippen LogP contribution in [0.2, 0.25) is 0 Å². The summed E-state index contributed by atoms with van der Waals surface area (Å²) in [5, 5.41) is 0. The third kappa shape index (κ3) is 4.22. The normalized spacial score (nSPS) is 16.6. The van der Waals surface area contributed by atoms with E-state index in [1.807, 2.05) is 6.07 Å². The number of nitrogens with zero attached hydrogens (tertiary/aromatic N) is 1. The van der Waals surface area contributed by atoms with Gasteiger partial charge in [-0.15, -0.1) is 0 Å². The monoisotopic (exact) mass is 276 g/mol. The Kier molecular flexibility index (Phi) is 5.86. The first-order valence-corrected chi connectivity index (χ1v) is 7.77. The van der Waals surface area contributed by atoms with Crippen molar-refractivity contribution in [2.75, 3.05) is 20.7 Å². The topological polar surface area (TPSA) is 38.5 Å². The van der Waals surface area contributed by atoms with Crippen LogP contribution in [0.15, 0.2) is 18.2 Å². The number of benzene rings is 1. The van der Waals surface area contributed by atoms with E-state index in [2.05, 4.69) is 24.1 Å². The molecule has 1 aromatic carbocycles. The van der Waals surface area contributed by atoms with Crippen LogP contribution in [-0.2, 0) is 13.1 Å². The van der Waals surface area contributed by atoms with Crippen molar-refractivity contribution in [1.82, 2.24) is 4.90 Å². The lowest BCUT2D eigenvalue weighted by Gasteiger charge is -2.27. The average molecular weight is 276 g/mol. The van der Waals surface area contributed by atoms with Crippen molar-refractivity contribution in [3.63, 3.8) is 0 Å². The van der Waals surface area contributed by atoms with Gasteiger partial charge in [0.2, 0.25) is 0 Å². The first-order chi connectivity index (χ1) is 9.72. The molecule has 2 rings (SSSR count). The first kappa shape index (κ1) is 15.3. The van der Waals surface area contributed by atoms with Gasteiger partial charge >= 0.3 is 0 Å².